The van der Waals surface area contributed by atoms with Crippen molar-refractivity contribution in [2.45, 2.75) is 19.3 Å². The molecule has 0 bridgehead atoms. The molecule has 9 nitrogen and oxygen atoms in total. The summed E-state index contributed by atoms with van der Waals surface area (Å²) in [6.45, 7) is 3.67. The van der Waals surface area contributed by atoms with Gasteiger partial charge in [-0.1, -0.05) is 12.5 Å². The highest BCUT2D eigenvalue weighted by Gasteiger charge is 2.14. The van der Waals surface area contributed by atoms with Crippen molar-refractivity contribution in [2.24, 2.45) is 0 Å². The topological polar surface area (TPSA) is 106 Å². The van der Waals surface area contributed by atoms with Gasteiger partial charge in [-0.2, -0.15) is 5.10 Å². The highest BCUT2D eigenvalue weighted by atomic mass is 16.6. The lowest BCUT2D eigenvalue weighted by Crippen LogP contribution is -2.37. The van der Waals surface area contributed by atoms with Gasteiger partial charge in [0.15, 0.2) is 5.82 Å². The number of hydrogen-bond acceptors (Lipinski definition) is 6. The van der Waals surface area contributed by atoms with Gasteiger partial charge in [-0.05, 0) is 44.1 Å². The van der Waals surface area contributed by atoms with Gasteiger partial charge in [-0.15, -0.1) is 0 Å². The van der Waals surface area contributed by atoms with Crippen LogP contribution in [0.1, 0.15) is 29.6 Å². The zero-order valence-electron chi connectivity index (χ0n) is 16.0. The van der Waals surface area contributed by atoms with E-state index in [2.05, 4.69) is 20.3 Å². The van der Waals surface area contributed by atoms with Crippen LogP contribution < -0.4 is 5.32 Å². The van der Waals surface area contributed by atoms with Gasteiger partial charge in [0, 0.05) is 30.1 Å². The summed E-state index contributed by atoms with van der Waals surface area (Å²) in [7, 11) is 0. The third kappa shape index (κ3) is 4.24. The van der Waals surface area contributed by atoms with E-state index in [4.69, 9.17) is 0 Å². The van der Waals surface area contributed by atoms with Crippen LogP contribution in [-0.4, -0.2) is 56.7 Å². The lowest BCUT2D eigenvalue weighted by atomic mass is 10.1. The van der Waals surface area contributed by atoms with Gasteiger partial charge >= 0.3 is 0 Å². The molecule has 1 N–H and O–H groups in total. The average molecular weight is 394 g/mol. The fraction of sp³-hybridized carbons (Fsp3) is 0.350. The molecule has 0 saturated carbocycles. The second-order valence-corrected chi connectivity index (χ2v) is 7.12. The molecule has 1 saturated heterocycles. The Bertz CT molecular complexity index is 1020. The molecule has 1 amide bonds. The molecule has 2 aromatic heterocycles. The summed E-state index contributed by atoms with van der Waals surface area (Å²) in [5.41, 5.74) is 1.17. The van der Waals surface area contributed by atoms with E-state index in [1.165, 1.54) is 37.6 Å². The van der Waals surface area contributed by atoms with Crippen LogP contribution in [0.5, 0.6) is 0 Å². The number of nitro groups is 1. The van der Waals surface area contributed by atoms with Crippen LogP contribution in [0.2, 0.25) is 0 Å². The first-order chi connectivity index (χ1) is 14.1. The Hall–Kier alpha value is -3.33. The maximum absolute atomic E-state index is 12.6. The molecule has 9 heteroatoms. The predicted molar refractivity (Wildman–Crippen MR) is 108 cm³/mol. The molecule has 1 aromatic carbocycles. The van der Waals surface area contributed by atoms with Crippen LogP contribution in [0, 0.1) is 10.1 Å². The lowest BCUT2D eigenvalue weighted by molar-refractivity contribution is -0.385. The van der Waals surface area contributed by atoms with E-state index in [9.17, 15) is 14.9 Å². The summed E-state index contributed by atoms with van der Waals surface area (Å²) in [6, 6.07) is 8.29. The zero-order valence-corrected chi connectivity index (χ0v) is 16.0. The molecule has 0 spiro atoms. The van der Waals surface area contributed by atoms with E-state index in [-0.39, 0.29) is 11.6 Å². The van der Waals surface area contributed by atoms with Crippen molar-refractivity contribution in [1.82, 2.24) is 25.0 Å². The number of nitrogens with one attached hydrogen (secondary N) is 1. The van der Waals surface area contributed by atoms with E-state index < -0.39 is 4.92 Å². The minimum Gasteiger partial charge on any atom is -0.351 e. The van der Waals surface area contributed by atoms with Crippen LogP contribution >= 0.6 is 0 Å². The largest absolute Gasteiger partial charge is 0.351 e. The van der Waals surface area contributed by atoms with Gasteiger partial charge in [0.2, 0.25) is 0 Å². The zero-order chi connectivity index (χ0) is 20.2. The number of aromatic nitrogens is 3. The van der Waals surface area contributed by atoms with E-state index in [0.717, 1.165) is 30.5 Å². The number of benzene rings is 1. The number of piperidine rings is 1. The molecular weight excluding hydrogens is 372 g/mol. The molecular formula is C20H22N6O3. The van der Waals surface area contributed by atoms with Crippen LogP contribution in [0.25, 0.3) is 16.7 Å². The van der Waals surface area contributed by atoms with E-state index >= 15 is 0 Å². The molecule has 4 rings (SSSR count). The quantitative estimate of drug-likeness (QED) is 0.509. The van der Waals surface area contributed by atoms with Crippen molar-refractivity contribution in [3.05, 3.63) is 58.4 Å². The standard InChI is InChI=1S/C20H22N6O3/c27-20(21-8-11-24-9-2-1-3-10-24)15-4-5-16-13-23-25(18(16)12-15)19-7-6-17(14-22-19)26(28)29/h4-7,12-14H,1-3,8-11H2,(H,21,27). The number of likely N-dealkylation sites (tertiary alicyclic amines) is 1. The number of carbonyl (C=O) groups excluding carboxylic acids is 1. The first-order valence-electron chi connectivity index (χ1n) is 9.71. The van der Waals surface area contributed by atoms with Gasteiger partial charge in [0.25, 0.3) is 11.6 Å². The number of carbonyl (C=O) groups is 1. The molecule has 0 aliphatic carbocycles. The van der Waals surface area contributed by atoms with Gasteiger partial charge in [-0.3, -0.25) is 14.9 Å². The minimum atomic E-state index is -0.496. The Morgan fingerprint density at radius 2 is 1.97 bits per heavy atom. The average Bonchev–Trinajstić information content (AvgIpc) is 3.17. The summed E-state index contributed by atoms with van der Waals surface area (Å²) >= 11 is 0. The maximum atomic E-state index is 12.6. The molecule has 0 atom stereocenters. The summed E-state index contributed by atoms with van der Waals surface area (Å²) < 4.78 is 1.57. The molecule has 0 unspecified atom stereocenters. The number of amides is 1. The summed E-state index contributed by atoms with van der Waals surface area (Å²) in [5.74, 6) is 0.321. The fourth-order valence-electron chi connectivity index (χ4n) is 3.57. The Labute approximate surface area is 167 Å². The summed E-state index contributed by atoms with van der Waals surface area (Å²) in [4.78, 5) is 29.4. The molecule has 29 heavy (non-hydrogen) atoms. The van der Waals surface area contributed by atoms with Crippen LogP contribution in [0.15, 0.2) is 42.7 Å². The maximum Gasteiger partial charge on any atom is 0.287 e. The van der Waals surface area contributed by atoms with Gasteiger partial charge in [-0.25, -0.2) is 9.67 Å². The molecule has 150 valence electrons. The van der Waals surface area contributed by atoms with Crippen LogP contribution in [0.3, 0.4) is 0 Å². The monoisotopic (exact) mass is 394 g/mol. The molecule has 1 aliphatic heterocycles. The SMILES string of the molecule is O=C(NCCN1CCCCC1)c1ccc2cnn(-c3ccc([N+](=O)[O-])cn3)c2c1. The highest BCUT2D eigenvalue weighted by molar-refractivity contribution is 5.98. The van der Waals surface area contributed by atoms with Crippen molar-refractivity contribution in [3.63, 3.8) is 0 Å². The second-order valence-electron chi connectivity index (χ2n) is 7.12. The van der Waals surface area contributed by atoms with E-state index in [0.29, 0.717) is 17.9 Å². The van der Waals surface area contributed by atoms with Crippen LogP contribution in [0.4, 0.5) is 5.69 Å². The highest BCUT2D eigenvalue weighted by Crippen LogP contribution is 2.20. The normalized spacial score (nSPS) is 14.8. The van der Waals surface area contributed by atoms with Gasteiger partial charge in [0.1, 0.15) is 6.20 Å². The van der Waals surface area contributed by atoms with Crippen LogP contribution in [-0.2, 0) is 0 Å². The molecule has 1 aliphatic rings. The smallest absolute Gasteiger partial charge is 0.287 e. The van der Waals surface area contributed by atoms with Crippen molar-refractivity contribution in [3.8, 4) is 5.82 Å². The number of nitrogens with zero attached hydrogens (tertiary/aromatic N) is 5. The van der Waals surface area contributed by atoms with E-state index in [1.54, 1.807) is 23.0 Å². The van der Waals surface area contributed by atoms with Gasteiger partial charge < -0.3 is 10.2 Å². The lowest BCUT2D eigenvalue weighted by Gasteiger charge is -2.26. The predicted octanol–water partition coefficient (Wildman–Crippen LogP) is 2.54. The first kappa shape index (κ1) is 19.0. The second kappa shape index (κ2) is 8.36. The Morgan fingerprint density at radius 1 is 1.14 bits per heavy atom. The molecule has 3 heterocycles. The Morgan fingerprint density at radius 3 is 2.69 bits per heavy atom. The first-order valence-corrected chi connectivity index (χ1v) is 9.71. The van der Waals surface area contributed by atoms with Gasteiger partial charge in [0.05, 0.1) is 16.6 Å². The number of rotatable bonds is 6. The fourth-order valence-corrected chi connectivity index (χ4v) is 3.57. The summed E-state index contributed by atoms with van der Waals surface area (Å²) in [6.07, 6.45) is 6.62. The molecule has 3 aromatic rings. The third-order valence-corrected chi connectivity index (χ3v) is 5.16. The minimum absolute atomic E-state index is 0.0843. The third-order valence-electron chi connectivity index (χ3n) is 5.16. The Kier molecular flexibility index (Phi) is 5.48. The number of pyridine rings is 1. The number of fused-ring (bicyclic) bond motifs is 1. The van der Waals surface area contributed by atoms with Crippen molar-refractivity contribution in [1.29, 1.82) is 0 Å². The van der Waals surface area contributed by atoms with Crippen molar-refractivity contribution < 1.29 is 9.72 Å². The number of hydrogen-bond donors (Lipinski definition) is 1. The summed E-state index contributed by atoms with van der Waals surface area (Å²) in [5, 5.41) is 19.0. The molecule has 1 fully saturated rings. The molecule has 0 radical (unpaired) electrons. The van der Waals surface area contributed by atoms with Crippen molar-refractivity contribution in [2.75, 3.05) is 26.2 Å². The Balaban J connectivity index is 1.48. The van der Waals surface area contributed by atoms with E-state index in [1.807, 2.05) is 6.07 Å². The van der Waals surface area contributed by atoms with Crippen molar-refractivity contribution >= 4 is 22.5 Å².